The maximum absolute atomic E-state index is 7.68. The van der Waals surface area contributed by atoms with E-state index in [-0.39, 0.29) is 5.56 Å². The van der Waals surface area contributed by atoms with Gasteiger partial charge in [-0.1, -0.05) is 18.2 Å². The molecule has 102 valence electrons. The van der Waals surface area contributed by atoms with Crippen LogP contribution in [0.15, 0.2) is 53.1 Å². The van der Waals surface area contributed by atoms with E-state index >= 15 is 0 Å². The number of nitrogens with zero attached hydrogens (tertiary/aromatic N) is 2. The summed E-state index contributed by atoms with van der Waals surface area (Å²) in [6.45, 7) is -0.512. The first-order valence-electron chi connectivity index (χ1n) is 8.20. The summed E-state index contributed by atoms with van der Waals surface area (Å²) < 4.78 is 29.0. The number of rotatable bonds is 1. The number of fused-ring (bicyclic) bond motifs is 3. The summed E-state index contributed by atoms with van der Waals surface area (Å²) in [6, 6.07) is 13.1. The van der Waals surface area contributed by atoms with Gasteiger partial charge in [0, 0.05) is 32.3 Å². The van der Waals surface area contributed by atoms with Gasteiger partial charge in [-0.05, 0) is 43.6 Å². The molecule has 3 nitrogen and oxygen atoms in total. The zero-order valence-electron chi connectivity index (χ0n) is 14.4. The molecule has 0 saturated heterocycles. The maximum Gasteiger partial charge on any atom is 0.227 e. The van der Waals surface area contributed by atoms with Crippen LogP contribution >= 0.6 is 0 Å². The minimum Gasteiger partial charge on any atom is -0.437 e. The third-order valence-corrected chi connectivity index (χ3v) is 3.62. The summed E-state index contributed by atoms with van der Waals surface area (Å²) >= 11 is 0. The van der Waals surface area contributed by atoms with Gasteiger partial charge in [0.1, 0.15) is 5.58 Å². The smallest absolute Gasteiger partial charge is 0.227 e. The van der Waals surface area contributed by atoms with E-state index in [1.165, 1.54) is 0 Å². The Morgan fingerprint density at radius 2 is 2.05 bits per heavy atom. The number of pyridine rings is 2. The van der Waals surface area contributed by atoms with Crippen LogP contribution in [0, 0.1) is 13.8 Å². The van der Waals surface area contributed by atoms with Gasteiger partial charge >= 0.3 is 0 Å². The predicted molar refractivity (Wildman–Crippen MR) is 84.2 cm³/mol. The number of furan rings is 1. The van der Waals surface area contributed by atoms with Crippen LogP contribution in [-0.2, 0) is 0 Å². The summed E-state index contributed by atoms with van der Waals surface area (Å²) in [5.41, 5.74) is 3.48. The fraction of sp³-hybridized carbons (Fsp3) is 0.111. The quantitative estimate of drug-likeness (QED) is 0.508. The lowest BCUT2D eigenvalue weighted by Gasteiger charge is -2.00. The van der Waals surface area contributed by atoms with Gasteiger partial charge in [0.25, 0.3) is 0 Å². The minimum atomic E-state index is -2.20. The van der Waals surface area contributed by atoms with Crippen molar-refractivity contribution in [1.29, 1.82) is 0 Å². The molecule has 4 rings (SSSR count). The normalized spacial score (nSPS) is 14.0. The van der Waals surface area contributed by atoms with Crippen molar-refractivity contribution in [3.8, 4) is 11.3 Å². The van der Waals surface area contributed by atoms with Gasteiger partial charge in [-0.15, -0.1) is 0 Å². The molecule has 0 aliphatic heterocycles. The van der Waals surface area contributed by atoms with Crippen molar-refractivity contribution in [2.75, 3.05) is 0 Å². The van der Waals surface area contributed by atoms with Crippen LogP contribution in [0.5, 0.6) is 0 Å². The molecule has 0 aliphatic rings. The molecule has 0 saturated carbocycles. The first kappa shape index (κ1) is 9.29. The average molecular weight is 277 g/mol. The van der Waals surface area contributed by atoms with E-state index in [2.05, 4.69) is 9.97 Å². The highest BCUT2D eigenvalue weighted by Crippen LogP contribution is 2.34. The van der Waals surface area contributed by atoms with Crippen molar-refractivity contribution >= 4 is 22.1 Å². The molecule has 0 N–H and O–H groups in total. The number of aromatic nitrogens is 2. The van der Waals surface area contributed by atoms with Crippen LogP contribution in [0.25, 0.3) is 33.3 Å². The Bertz CT molecular complexity index is 1050. The first-order valence-corrected chi connectivity index (χ1v) is 6.70. The SMILES string of the molecule is [2H]C([2H])([2H])c1cc2c(nc1C)oc1c(-c3ccccn3)cccc12. The third-order valence-electron chi connectivity index (χ3n) is 3.62. The number of para-hydroxylation sites is 1. The number of aryl methyl sites for hydroxylation is 2. The summed E-state index contributed by atoms with van der Waals surface area (Å²) in [5.74, 6) is 0. The molecule has 3 heteroatoms. The average Bonchev–Trinajstić information content (AvgIpc) is 2.91. The largest absolute Gasteiger partial charge is 0.437 e. The lowest BCUT2D eigenvalue weighted by Crippen LogP contribution is -1.85. The highest BCUT2D eigenvalue weighted by atomic mass is 16.3. The first-order chi connectivity index (χ1) is 11.4. The fourth-order valence-electron chi connectivity index (χ4n) is 2.53. The molecule has 0 bridgehead atoms. The lowest BCUT2D eigenvalue weighted by atomic mass is 10.1. The zero-order chi connectivity index (χ0) is 16.9. The zero-order valence-corrected chi connectivity index (χ0v) is 11.4. The molecule has 21 heavy (non-hydrogen) atoms. The van der Waals surface area contributed by atoms with Gasteiger partial charge in [0.15, 0.2) is 0 Å². The van der Waals surface area contributed by atoms with E-state index < -0.39 is 6.85 Å². The highest BCUT2D eigenvalue weighted by molar-refractivity contribution is 6.08. The van der Waals surface area contributed by atoms with Gasteiger partial charge in [-0.2, -0.15) is 0 Å². The number of benzene rings is 1. The molecule has 4 aromatic rings. The van der Waals surface area contributed by atoms with E-state index in [0.717, 1.165) is 16.6 Å². The van der Waals surface area contributed by atoms with Crippen molar-refractivity contribution in [2.24, 2.45) is 0 Å². The van der Waals surface area contributed by atoms with Crippen molar-refractivity contribution in [1.82, 2.24) is 9.97 Å². The van der Waals surface area contributed by atoms with E-state index in [4.69, 9.17) is 8.53 Å². The number of hydrogen-bond donors (Lipinski definition) is 0. The molecule has 0 spiro atoms. The van der Waals surface area contributed by atoms with Gasteiger partial charge in [-0.3, -0.25) is 4.98 Å². The summed E-state index contributed by atoms with van der Waals surface area (Å²) in [7, 11) is 0. The Balaban J connectivity index is 2.06. The summed E-state index contributed by atoms with van der Waals surface area (Å²) in [4.78, 5) is 8.74. The van der Waals surface area contributed by atoms with E-state index in [1.54, 1.807) is 19.2 Å². The Morgan fingerprint density at radius 3 is 2.86 bits per heavy atom. The van der Waals surface area contributed by atoms with Crippen LogP contribution < -0.4 is 0 Å². The van der Waals surface area contributed by atoms with Gasteiger partial charge in [0.2, 0.25) is 5.71 Å². The molecule has 0 atom stereocenters. The van der Waals surface area contributed by atoms with Crippen molar-refractivity contribution in [3.63, 3.8) is 0 Å². The monoisotopic (exact) mass is 277 g/mol. The molecule has 0 amide bonds. The molecule has 0 unspecified atom stereocenters. The van der Waals surface area contributed by atoms with Gasteiger partial charge in [-0.25, -0.2) is 4.98 Å². The van der Waals surface area contributed by atoms with Crippen LogP contribution in [0.3, 0.4) is 0 Å². The lowest BCUT2D eigenvalue weighted by molar-refractivity contribution is 0.653. The molecular weight excluding hydrogens is 260 g/mol. The van der Waals surface area contributed by atoms with E-state index in [9.17, 15) is 0 Å². The summed E-state index contributed by atoms with van der Waals surface area (Å²) in [6.07, 6.45) is 1.73. The standard InChI is InChI=1S/C18H14N2O/c1-11-10-15-13-6-5-7-14(16-8-3-4-9-19-16)17(13)21-18(15)20-12(11)2/h3-10H,1-2H3/i1D3. The van der Waals surface area contributed by atoms with Crippen LogP contribution in [-0.4, -0.2) is 9.97 Å². The van der Waals surface area contributed by atoms with Gasteiger partial charge < -0.3 is 4.42 Å². The maximum atomic E-state index is 7.68. The van der Waals surface area contributed by atoms with Crippen molar-refractivity contribution in [2.45, 2.75) is 13.8 Å². The molecule has 3 heterocycles. The molecule has 3 aromatic heterocycles. The third kappa shape index (κ3) is 1.82. The van der Waals surface area contributed by atoms with Crippen LogP contribution in [0.1, 0.15) is 15.4 Å². The Kier molecular flexibility index (Phi) is 1.95. The van der Waals surface area contributed by atoms with Gasteiger partial charge in [0.05, 0.1) is 5.69 Å². The molecule has 1 aromatic carbocycles. The van der Waals surface area contributed by atoms with Crippen LogP contribution in [0.2, 0.25) is 0 Å². The van der Waals surface area contributed by atoms with Crippen molar-refractivity contribution < 1.29 is 8.53 Å². The minimum absolute atomic E-state index is 0.251. The second kappa shape index (κ2) is 4.42. The van der Waals surface area contributed by atoms with Crippen LogP contribution in [0.4, 0.5) is 0 Å². The second-order valence-electron chi connectivity index (χ2n) is 4.97. The topological polar surface area (TPSA) is 38.9 Å². The predicted octanol–water partition coefficient (Wildman–Crippen LogP) is 4.66. The molecule has 0 fully saturated rings. The Labute approximate surface area is 126 Å². The van der Waals surface area contributed by atoms with E-state index in [1.807, 2.05) is 36.4 Å². The second-order valence-corrected chi connectivity index (χ2v) is 4.97. The molecular formula is C18H14N2O. The summed E-state index contributed by atoms with van der Waals surface area (Å²) in [5, 5.41) is 1.55. The highest BCUT2D eigenvalue weighted by Gasteiger charge is 2.14. The molecule has 0 radical (unpaired) electrons. The van der Waals surface area contributed by atoms with E-state index in [0.29, 0.717) is 22.4 Å². The fourth-order valence-corrected chi connectivity index (χ4v) is 2.53. The Hall–Kier alpha value is -2.68. The van der Waals surface area contributed by atoms with Crippen molar-refractivity contribution in [3.05, 3.63) is 59.9 Å². The molecule has 0 aliphatic carbocycles. The Morgan fingerprint density at radius 1 is 1.10 bits per heavy atom. The number of hydrogen-bond acceptors (Lipinski definition) is 3.